The molecule has 3 aromatic rings. The van der Waals surface area contributed by atoms with E-state index in [1.807, 2.05) is 61.5 Å². The van der Waals surface area contributed by atoms with E-state index in [1.54, 1.807) is 12.1 Å². The molecule has 0 radical (unpaired) electrons. The Kier molecular flexibility index (Phi) is 5.49. The van der Waals surface area contributed by atoms with Crippen molar-refractivity contribution in [2.45, 2.75) is 13.3 Å². The summed E-state index contributed by atoms with van der Waals surface area (Å²) in [5.74, 6) is -0.130. The van der Waals surface area contributed by atoms with Gasteiger partial charge >= 0.3 is 0 Å². The van der Waals surface area contributed by atoms with Crippen LogP contribution in [0.2, 0.25) is 0 Å². The number of nitrogens with one attached hydrogen (secondary N) is 2. The van der Waals surface area contributed by atoms with Crippen molar-refractivity contribution >= 4 is 22.6 Å². The van der Waals surface area contributed by atoms with E-state index in [2.05, 4.69) is 10.9 Å². The number of aryl methyl sites for hydroxylation is 1. The van der Waals surface area contributed by atoms with Crippen LogP contribution in [0.15, 0.2) is 66.7 Å². The molecule has 0 aliphatic carbocycles. The van der Waals surface area contributed by atoms with Crippen molar-refractivity contribution in [1.82, 2.24) is 10.9 Å². The molecule has 0 aliphatic heterocycles. The number of benzene rings is 3. The first-order chi connectivity index (χ1) is 12.7. The summed E-state index contributed by atoms with van der Waals surface area (Å²) in [6.45, 7) is 1.85. The molecule has 0 bridgehead atoms. The third-order valence-corrected chi connectivity index (χ3v) is 4.04. The first kappa shape index (κ1) is 17.5. The Morgan fingerprint density at radius 1 is 0.885 bits per heavy atom. The van der Waals surface area contributed by atoms with Gasteiger partial charge in [-0.3, -0.25) is 20.4 Å². The fraction of sp³-hybridized carbons (Fsp3) is 0.143. The molecule has 5 nitrogen and oxygen atoms in total. The summed E-state index contributed by atoms with van der Waals surface area (Å²) in [4.78, 5) is 24.1. The van der Waals surface area contributed by atoms with Gasteiger partial charge in [-0.05, 0) is 41.0 Å². The number of fused-ring (bicyclic) bond motifs is 1. The molecule has 0 fully saturated rings. The Morgan fingerprint density at radius 3 is 2.42 bits per heavy atom. The summed E-state index contributed by atoms with van der Waals surface area (Å²) in [6.07, 6.45) is 0.816. The lowest BCUT2D eigenvalue weighted by molar-refractivity contribution is -0.123. The van der Waals surface area contributed by atoms with Gasteiger partial charge < -0.3 is 4.74 Å². The number of hydrazine groups is 1. The van der Waals surface area contributed by atoms with Crippen LogP contribution in [-0.4, -0.2) is 18.4 Å². The third kappa shape index (κ3) is 4.19. The highest BCUT2D eigenvalue weighted by molar-refractivity contribution is 5.99. The highest BCUT2D eigenvalue weighted by atomic mass is 16.5. The summed E-state index contributed by atoms with van der Waals surface area (Å²) < 4.78 is 5.52. The molecule has 0 atom stereocenters. The standard InChI is InChI=1S/C21H20N2O3/c1-2-15-7-5-6-10-19(15)26-14-20(24)22-23-21(25)18-12-11-16-8-3-4-9-17(16)13-18/h3-13H,2,14H2,1H3,(H,22,24)(H,23,25). The molecule has 0 aliphatic rings. The monoisotopic (exact) mass is 348 g/mol. The molecule has 5 heteroatoms. The van der Waals surface area contributed by atoms with Crippen LogP contribution >= 0.6 is 0 Å². The van der Waals surface area contributed by atoms with Crippen LogP contribution in [0, 0.1) is 0 Å². The van der Waals surface area contributed by atoms with Gasteiger partial charge in [0, 0.05) is 5.56 Å². The third-order valence-electron chi connectivity index (χ3n) is 4.04. The molecule has 26 heavy (non-hydrogen) atoms. The van der Waals surface area contributed by atoms with Crippen molar-refractivity contribution in [3.63, 3.8) is 0 Å². The molecule has 0 heterocycles. The number of para-hydroxylation sites is 1. The molecule has 2 amide bonds. The van der Waals surface area contributed by atoms with Crippen LogP contribution in [0.5, 0.6) is 5.75 Å². The number of carbonyl (C=O) groups is 2. The van der Waals surface area contributed by atoms with Crippen molar-refractivity contribution < 1.29 is 14.3 Å². The lowest BCUT2D eigenvalue weighted by Gasteiger charge is -2.11. The predicted octanol–water partition coefficient (Wildman–Crippen LogP) is 3.24. The molecular weight excluding hydrogens is 328 g/mol. The normalized spacial score (nSPS) is 10.3. The van der Waals surface area contributed by atoms with Gasteiger partial charge in [-0.15, -0.1) is 0 Å². The van der Waals surface area contributed by atoms with Crippen LogP contribution in [0.3, 0.4) is 0 Å². The lowest BCUT2D eigenvalue weighted by atomic mass is 10.1. The summed E-state index contributed by atoms with van der Waals surface area (Å²) in [6, 6.07) is 20.7. The summed E-state index contributed by atoms with van der Waals surface area (Å²) in [5, 5.41) is 2.02. The van der Waals surface area contributed by atoms with Gasteiger partial charge in [-0.25, -0.2) is 0 Å². The Balaban J connectivity index is 1.54. The molecule has 0 spiro atoms. The summed E-state index contributed by atoms with van der Waals surface area (Å²) >= 11 is 0. The largest absolute Gasteiger partial charge is 0.483 e. The van der Waals surface area contributed by atoms with Crippen LogP contribution in [0.1, 0.15) is 22.8 Å². The average molecular weight is 348 g/mol. The first-order valence-electron chi connectivity index (χ1n) is 8.46. The minimum atomic E-state index is -0.426. The summed E-state index contributed by atoms with van der Waals surface area (Å²) in [7, 11) is 0. The Morgan fingerprint density at radius 2 is 1.62 bits per heavy atom. The van der Waals surface area contributed by atoms with E-state index in [9.17, 15) is 9.59 Å². The lowest BCUT2D eigenvalue weighted by Crippen LogP contribution is -2.43. The maximum atomic E-state index is 12.2. The number of hydrogen-bond donors (Lipinski definition) is 2. The highest BCUT2D eigenvalue weighted by Crippen LogP contribution is 2.18. The van der Waals surface area contributed by atoms with Gasteiger partial charge in [0.15, 0.2) is 6.61 Å². The zero-order chi connectivity index (χ0) is 18.4. The quantitative estimate of drug-likeness (QED) is 0.696. The smallest absolute Gasteiger partial charge is 0.276 e. The Bertz CT molecular complexity index is 937. The molecule has 0 aromatic heterocycles. The van der Waals surface area contributed by atoms with E-state index < -0.39 is 5.91 Å². The fourth-order valence-corrected chi connectivity index (χ4v) is 2.65. The van der Waals surface area contributed by atoms with Crippen LogP contribution in [0.4, 0.5) is 0 Å². The Hall–Kier alpha value is -3.34. The number of carbonyl (C=O) groups excluding carboxylic acids is 2. The van der Waals surface area contributed by atoms with Crippen molar-refractivity contribution in [3.8, 4) is 5.75 Å². The second kappa shape index (κ2) is 8.16. The van der Waals surface area contributed by atoms with E-state index in [-0.39, 0.29) is 12.5 Å². The molecule has 0 saturated heterocycles. The average Bonchev–Trinajstić information content (AvgIpc) is 2.70. The zero-order valence-corrected chi connectivity index (χ0v) is 14.5. The minimum absolute atomic E-state index is 0.172. The maximum Gasteiger partial charge on any atom is 0.276 e. The van der Waals surface area contributed by atoms with Crippen LogP contribution in [0.25, 0.3) is 10.8 Å². The number of ether oxygens (including phenoxy) is 1. The van der Waals surface area contributed by atoms with E-state index in [0.717, 1.165) is 22.8 Å². The second-order valence-corrected chi connectivity index (χ2v) is 5.81. The van der Waals surface area contributed by atoms with Crippen molar-refractivity contribution in [3.05, 3.63) is 77.9 Å². The van der Waals surface area contributed by atoms with E-state index in [4.69, 9.17) is 4.74 Å². The molecule has 3 aromatic carbocycles. The van der Waals surface area contributed by atoms with Gasteiger partial charge in [0.05, 0.1) is 0 Å². The SMILES string of the molecule is CCc1ccccc1OCC(=O)NNC(=O)c1ccc2ccccc2c1. The van der Waals surface area contributed by atoms with Gasteiger partial charge in [0.2, 0.25) is 0 Å². The van der Waals surface area contributed by atoms with Crippen molar-refractivity contribution in [2.24, 2.45) is 0 Å². The molecule has 132 valence electrons. The summed E-state index contributed by atoms with van der Waals surface area (Å²) in [5.41, 5.74) is 6.28. The van der Waals surface area contributed by atoms with E-state index in [1.165, 1.54) is 0 Å². The number of rotatable bonds is 5. The second-order valence-electron chi connectivity index (χ2n) is 5.81. The van der Waals surface area contributed by atoms with Crippen molar-refractivity contribution in [1.29, 1.82) is 0 Å². The highest BCUT2D eigenvalue weighted by Gasteiger charge is 2.09. The van der Waals surface area contributed by atoms with Gasteiger partial charge in [0.1, 0.15) is 5.75 Å². The predicted molar refractivity (Wildman–Crippen MR) is 101 cm³/mol. The van der Waals surface area contributed by atoms with Crippen LogP contribution in [-0.2, 0) is 11.2 Å². The van der Waals surface area contributed by atoms with E-state index in [0.29, 0.717) is 11.3 Å². The van der Waals surface area contributed by atoms with Gasteiger partial charge in [-0.2, -0.15) is 0 Å². The minimum Gasteiger partial charge on any atom is -0.483 e. The Labute approximate surface area is 152 Å². The van der Waals surface area contributed by atoms with Crippen molar-refractivity contribution in [2.75, 3.05) is 6.61 Å². The zero-order valence-electron chi connectivity index (χ0n) is 14.5. The van der Waals surface area contributed by atoms with Gasteiger partial charge in [-0.1, -0.05) is 55.5 Å². The van der Waals surface area contributed by atoms with Gasteiger partial charge in [0.25, 0.3) is 11.8 Å². The molecule has 0 unspecified atom stereocenters. The molecular formula is C21H20N2O3. The first-order valence-corrected chi connectivity index (χ1v) is 8.46. The molecule has 3 rings (SSSR count). The molecule has 2 N–H and O–H groups in total. The fourth-order valence-electron chi connectivity index (χ4n) is 2.65. The maximum absolute atomic E-state index is 12.2. The molecule has 0 saturated carbocycles. The number of amides is 2. The van der Waals surface area contributed by atoms with E-state index >= 15 is 0 Å². The van der Waals surface area contributed by atoms with Crippen LogP contribution < -0.4 is 15.6 Å². The topological polar surface area (TPSA) is 67.4 Å². The number of hydrogen-bond acceptors (Lipinski definition) is 3.